The molecule has 1 heterocycles. The molecule has 1 aliphatic heterocycles. The highest BCUT2D eigenvalue weighted by atomic mass is 16.6. The predicted octanol–water partition coefficient (Wildman–Crippen LogP) is 5.06. The third-order valence-electron chi connectivity index (χ3n) is 6.44. The summed E-state index contributed by atoms with van der Waals surface area (Å²) in [6.07, 6.45) is 1.47. The first-order chi connectivity index (χ1) is 17.7. The van der Waals surface area contributed by atoms with Gasteiger partial charge in [-0.1, -0.05) is 42.5 Å². The molecule has 3 aromatic carbocycles. The van der Waals surface area contributed by atoms with Crippen LogP contribution >= 0.6 is 0 Å². The van der Waals surface area contributed by atoms with Crippen molar-refractivity contribution >= 4 is 11.8 Å². The highest BCUT2D eigenvalue weighted by Crippen LogP contribution is 2.33. The Bertz CT molecular complexity index is 1110. The molecule has 7 heteroatoms. The van der Waals surface area contributed by atoms with E-state index >= 15 is 0 Å². The standard InChI is InChI=1S/C29H35N3O4/c1-34-27-13-7-6-12-26(27)32-20-18-31(19-21-32)17-9-8-16-30-29(33)36-24-14-15-25(28(22-24)35-2)23-10-4-3-5-11-23/h3-7,10-15,22H,8-9,16-21H2,1-2H3,(H,30,33). The van der Waals surface area contributed by atoms with Crippen LogP contribution in [-0.4, -0.2) is 64.5 Å². The average Bonchev–Trinajstić information content (AvgIpc) is 2.93. The third-order valence-corrected chi connectivity index (χ3v) is 6.44. The molecule has 1 amide bonds. The molecule has 0 unspecified atom stereocenters. The number of unbranched alkanes of at least 4 members (excludes halogenated alkanes) is 1. The van der Waals surface area contributed by atoms with Crippen molar-refractivity contribution in [2.45, 2.75) is 12.8 Å². The SMILES string of the molecule is COc1cc(OC(=O)NCCCCN2CCN(c3ccccc3OC)CC2)ccc1-c1ccccc1. The topological polar surface area (TPSA) is 63.3 Å². The molecular weight excluding hydrogens is 454 g/mol. The molecule has 3 aromatic rings. The van der Waals surface area contributed by atoms with Gasteiger partial charge < -0.3 is 24.4 Å². The number of nitrogens with one attached hydrogen (secondary N) is 1. The van der Waals surface area contributed by atoms with Crippen LogP contribution in [0.15, 0.2) is 72.8 Å². The van der Waals surface area contributed by atoms with Crippen LogP contribution < -0.4 is 24.4 Å². The molecule has 1 N–H and O–H groups in total. The van der Waals surface area contributed by atoms with Crippen LogP contribution in [0, 0.1) is 0 Å². The van der Waals surface area contributed by atoms with Gasteiger partial charge >= 0.3 is 6.09 Å². The Morgan fingerprint density at radius 3 is 2.31 bits per heavy atom. The van der Waals surface area contributed by atoms with Crippen LogP contribution in [0.3, 0.4) is 0 Å². The van der Waals surface area contributed by atoms with Crippen LogP contribution in [0.1, 0.15) is 12.8 Å². The summed E-state index contributed by atoms with van der Waals surface area (Å²) in [5, 5.41) is 2.85. The average molecular weight is 490 g/mol. The van der Waals surface area contributed by atoms with Gasteiger partial charge in [-0.05, 0) is 49.2 Å². The van der Waals surface area contributed by atoms with Crippen LogP contribution in [0.2, 0.25) is 0 Å². The number of hydrogen-bond acceptors (Lipinski definition) is 6. The van der Waals surface area contributed by atoms with Gasteiger partial charge in [-0.3, -0.25) is 4.90 Å². The number of amides is 1. The van der Waals surface area contributed by atoms with E-state index in [1.807, 2.05) is 48.5 Å². The normalized spacial score (nSPS) is 13.8. The fourth-order valence-corrected chi connectivity index (χ4v) is 4.49. The van der Waals surface area contributed by atoms with Crippen molar-refractivity contribution in [1.82, 2.24) is 10.2 Å². The van der Waals surface area contributed by atoms with Crippen molar-refractivity contribution in [2.75, 3.05) is 58.4 Å². The number of anilines is 1. The molecule has 0 spiro atoms. The number of methoxy groups -OCH3 is 2. The van der Waals surface area contributed by atoms with E-state index in [4.69, 9.17) is 14.2 Å². The van der Waals surface area contributed by atoms with Crippen LogP contribution in [-0.2, 0) is 0 Å². The molecule has 190 valence electrons. The zero-order valence-electron chi connectivity index (χ0n) is 21.1. The number of benzene rings is 3. The molecule has 0 bridgehead atoms. The van der Waals surface area contributed by atoms with Gasteiger partial charge in [0.05, 0.1) is 19.9 Å². The zero-order chi connectivity index (χ0) is 25.2. The minimum absolute atomic E-state index is 0.449. The maximum atomic E-state index is 12.3. The Hall–Kier alpha value is -3.71. The Balaban J connectivity index is 1.15. The molecule has 0 aliphatic carbocycles. The summed E-state index contributed by atoms with van der Waals surface area (Å²) < 4.78 is 16.5. The highest BCUT2D eigenvalue weighted by Gasteiger charge is 2.19. The van der Waals surface area contributed by atoms with Crippen molar-refractivity contribution in [3.8, 4) is 28.4 Å². The summed E-state index contributed by atoms with van der Waals surface area (Å²) in [6, 6.07) is 23.6. The van der Waals surface area contributed by atoms with Crippen molar-refractivity contribution in [2.24, 2.45) is 0 Å². The largest absolute Gasteiger partial charge is 0.496 e. The van der Waals surface area contributed by atoms with Gasteiger partial charge in [0.2, 0.25) is 0 Å². The Morgan fingerprint density at radius 2 is 1.56 bits per heavy atom. The second-order valence-electron chi connectivity index (χ2n) is 8.75. The number of nitrogens with zero attached hydrogens (tertiary/aromatic N) is 2. The zero-order valence-corrected chi connectivity index (χ0v) is 21.1. The molecule has 1 saturated heterocycles. The lowest BCUT2D eigenvalue weighted by molar-refractivity contribution is 0.199. The van der Waals surface area contributed by atoms with E-state index in [9.17, 15) is 4.79 Å². The summed E-state index contributed by atoms with van der Waals surface area (Å²) in [6.45, 7) is 5.62. The molecule has 0 aromatic heterocycles. The Labute approximate surface area is 213 Å². The first-order valence-corrected chi connectivity index (χ1v) is 12.5. The fraction of sp³-hybridized carbons (Fsp3) is 0.345. The number of ether oxygens (including phenoxy) is 3. The molecule has 36 heavy (non-hydrogen) atoms. The van der Waals surface area contributed by atoms with Crippen LogP contribution in [0.5, 0.6) is 17.2 Å². The number of carbonyl (C=O) groups excluding carboxylic acids is 1. The third kappa shape index (κ3) is 6.70. The van der Waals surface area contributed by atoms with Crippen LogP contribution in [0.25, 0.3) is 11.1 Å². The van der Waals surface area contributed by atoms with E-state index < -0.39 is 6.09 Å². The second kappa shape index (κ2) is 12.8. The van der Waals surface area contributed by atoms with E-state index in [-0.39, 0.29) is 0 Å². The number of para-hydroxylation sites is 2. The summed E-state index contributed by atoms with van der Waals surface area (Å²) in [4.78, 5) is 17.1. The lowest BCUT2D eigenvalue weighted by Crippen LogP contribution is -2.46. The van der Waals surface area contributed by atoms with Gasteiger partial charge in [-0.25, -0.2) is 4.79 Å². The van der Waals surface area contributed by atoms with E-state index in [1.165, 1.54) is 0 Å². The van der Waals surface area contributed by atoms with Gasteiger partial charge in [-0.2, -0.15) is 0 Å². The first kappa shape index (κ1) is 25.4. The van der Waals surface area contributed by atoms with Gasteiger partial charge in [-0.15, -0.1) is 0 Å². The first-order valence-electron chi connectivity index (χ1n) is 12.5. The highest BCUT2D eigenvalue weighted by molar-refractivity contribution is 5.74. The van der Waals surface area contributed by atoms with Gasteiger partial charge in [0.15, 0.2) is 0 Å². The smallest absolute Gasteiger partial charge is 0.412 e. The molecule has 0 saturated carbocycles. The van der Waals surface area contributed by atoms with Crippen LogP contribution in [0.4, 0.5) is 10.5 Å². The predicted molar refractivity (Wildman–Crippen MR) is 143 cm³/mol. The minimum Gasteiger partial charge on any atom is -0.496 e. The maximum Gasteiger partial charge on any atom is 0.412 e. The number of piperazine rings is 1. The Kier molecular flexibility index (Phi) is 9.05. The monoisotopic (exact) mass is 489 g/mol. The molecule has 0 radical (unpaired) electrons. The van der Waals surface area contributed by atoms with Crippen molar-refractivity contribution < 1.29 is 19.0 Å². The fourth-order valence-electron chi connectivity index (χ4n) is 4.49. The second-order valence-corrected chi connectivity index (χ2v) is 8.75. The summed E-state index contributed by atoms with van der Waals surface area (Å²) >= 11 is 0. The molecule has 7 nitrogen and oxygen atoms in total. The molecule has 1 fully saturated rings. The van der Waals surface area contributed by atoms with E-state index in [1.54, 1.807) is 26.4 Å². The molecular formula is C29H35N3O4. The van der Waals surface area contributed by atoms with Gasteiger partial charge in [0, 0.05) is 44.4 Å². The van der Waals surface area contributed by atoms with E-state index in [2.05, 4.69) is 27.2 Å². The quantitative estimate of drug-likeness (QED) is 0.402. The number of rotatable bonds is 10. The summed E-state index contributed by atoms with van der Waals surface area (Å²) in [5.74, 6) is 2.05. The van der Waals surface area contributed by atoms with Crippen molar-refractivity contribution in [1.29, 1.82) is 0 Å². The van der Waals surface area contributed by atoms with E-state index in [0.717, 1.165) is 68.1 Å². The lowest BCUT2D eigenvalue weighted by Gasteiger charge is -2.36. The molecule has 1 aliphatic rings. The Morgan fingerprint density at radius 1 is 0.833 bits per heavy atom. The summed E-state index contributed by atoms with van der Waals surface area (Å²) in [5.41, 5.74) is 3.16. The van der Waals surface area contributed by atoms with Gasteiger partial charge in [0.1, 0.15) is 17.2 Å². The maximum absolute atomic E-state index is 12.3. The lowest BCUT2D eigenvalue weighted by atomic mass is 10.0. The van der Waals surface area contributed by atoms with Crippen molar-refractivity contribution in [3.63, 3.8) is 0 Å². The van der Waals surface area contributed by atoms with Crippen molar-refractivity contribution in [3.05, 3.63) is 72.8 Å². The minimum atomic E-state index is -0.449. The number of hydrogen-bond donors (Lipinski definition) is 1. The summed E-state index contributed by atoms with van der Waals surface area (Å²) in [7, 11) is 3.33. The number of carbonyl (C=O) groups is 1. The molecule has 0 atom stereocenters. The van der Waals surface area contributed by atoms with E-state index in [0.29, 0.717) is 18.0 Å². The van der Waals surface area contributed by atoms with Gasteiger partial charge in [0.25, 0.3) is 0 Å². The molecule has 4 rings (SSSR count).